The van der Waals surface area contributed by atoms with Gasteiger partial charge in [0.15, 0.2) is 11.5 Å². The molecule has 0 saturated carbocycles. The maximum absolute atomic E-state index is 13.9. The summed E-state index contributed by atoms with van der Waals surface area (Å²) < 4.78 is 24.2. The van der Waals surface area contributed by atoms with Crippen LogP contribution >= 0.6 is 0 Å². The summed E-state index contributed by atoms with van der Waals surface area (Å²) in [5.41, 5.74) is 0.433. The number of ether oxygens (including phenoxy) is 2. The Morgan fingerprint density at radius 1 is 1.39 bits per heavy atom. The SMILES string of the molecule is O=C(O)C1CNC(c2cc3c(cc2F)OCO3)C1. The molecule has 0 aliphatic carbocycles. The van der Waals surface area contributed by atoms with E-state index in [9.17, 15) is 9.18 Å². The third-order valence-electron chi connectivity index (χ3n) is 3.35. The number of benzene rings is 1. The fraction of sp³-hybridized carbons (Fsp3) is 0.417. The minimum Gasteiger partial charge on any atom is -0.481 e. The normalized spacial score (nSPS) is 25.4. The summed E-state index contributed by atoms with van der Waals surface area (Å²) in [6.45, 7) is 0.446. The van der Waals surface area contributed by atoms with Gasteiger partial charge in [0.05, 0.1) is 5.92 Å². The topological polar surface area (TPSA) is 67.8 Å². The van der Waals surface area contributed by atoms with Crippen molar-refractivity contribution in [2.24, 2.45) is 5.92 Å². The average Bonchev–Trinajstić information content (AvgIpc) is 2.94. The van der Waals surface area contributed by atoms with Gasteiger partial charge in [0.1, 0.15) is 5.82 Å². The Balaban J connectivity index is 1.87. The third-order valence-corrected chi connectivity index (χ3v) is 3.35. The lowest BCUT2D eigenvalue weighted by Crippen LogP contribution is -2.17. The van der Waals surface area contributed by atoms with Gasteiger partial charge in [-0.3, -0.25) is 4.79 Å². The van der Waals surface area contributed by atoms with E-state index < -0.39 is 17.7 Å². The van der Waals surface area contributed by atoms with Gasteiger partial charge in [-0.15, -0.1) is 0 Å². The molecule has 2 aliphatic rings. The number of hydrogen-bond acceptors (Lipinski definition) is 4. The van der Waals surface area contributed by atoms with E-state index in [1.54, 1.807) is 6.07 Å². The summed E-state index contributed by atoms with van der Waals surface area (Å²) >= 11 is 0. The first kappa shape index (κ1) is 11.3. The molecule has 0 radical (unpaired) electrons. The monoisotopic (exact) mass is 253 g/mol. The number of carboxylic acid groups (broad SMARTS) is 1. The van der Waals surface area contributed by atoms with Crippen molar-refractivity contribution in [2.45, 2.75) is 12.5 Å². The Morgan fingerprint density at radius 3 is 2.78 bits per heavy atom. The van der Waals surface area contributed by atoms with Crippen molar-refractivity contribution in [3.63, 3.8) is 0 Å². The second-order valence-electron chi connectivity index (χ2n) is 4.46. The Bertz CT molecular complexity index is 505. The summed E-state index contributed by atoms with van der Waals surface area (Å²) in [6, 6.07) is 2.58. The molecule has 2 aliphatic heterocycles. The van der Waals surface area contributed by atoms with Crippen molar-refractivity contribution in [1.82, 2.24) is 5.32 Å². The lowest BCUT2D eigenvalue weighted by molar-refractivity contribution is -0.141. The number of carbonyl (C=O) groups is 1. The Labute approximate surface area is 103 Å². The predicted molar refractivity (Wildman–Crippen MR) is 59.0 cm³/mol. The van der Waals surface area contributed by atoms with E-state index in [1.807, 2.05) is 0 Å². The van der Waals surface area contributed by atoms with E-state index in [1.165, 1.54) is 6.07 Å². The standard InChI is InChI=1S/C12H12FNO4/c13-8-3-11-10(17-5-18-11)2-7(8)9-1-6(4-14-9)12(15)16/h2-3,6,9,14H,1,4-5H2,(H,15,16). The van der Waals surface area contributed by atoms with Gasteiger partial charge in [0.25, 0.3) is 0 Å². The number of halogens is 1. The minimum atomic E-state index is -0.855. The van der Waals surface area contributed by atoms with Crippen LogP contribution in [-0.4, -0.2) is 24.4 Å². The van der Waals surface area contributed by atoms with Crippen LogP contribution in [0.25, 0.3) is 0 Å². The Morgan fingerprint density at radius 2 is 2.11 bits per heavy atom. The molecule has 3 rings (SSSR count). The Kier molecular flexibility index (Phi) is 2.59. The molecule has 1 aromatic rings. The van der Waals surface area contributed by atoms with Crippen molar-refractivity contribution < 1.29 is 23.8 Å². The molecular weight excluding hydrogens is 241 g/mol. The van der Waals surface area contributed by atoms with Crippen molar-refractivity contribution >= 4 is 5.97 Å². The predicted octanol–water partition coefficient (Wildman–Crippen LogP) is 1.29. The molecule has 2 N–H and O–H groups in total. The molecule has 1 aromatic carbocycles. The van der Waals surface area contributed by atoms with Crippen LogP contribution in [0.1, 0.15) is 18.0 Å². The molecule has 1 saturated heterocycles. The number of hydrogen-bond donors (Lipinski definition) is 2. The number of fused-ring (bicyclic) bond motifs is 1. The van der Waals surface area contributed by atoms with Crippen molar-refractivity contribution in [2.75, 3.05) is 13.3 Å². The molecule has 5 nitrogen and oxygen atoms in total. The van der Waals surface area contributed by atoms with Gasteiger partial charge in [-0.05, 0) is 12.5 Å². The highest BCUT2D eigenvalue weighted by molar-refractivity contribution is 5.70. The van der Waals surface area contributed by atoms with Crippen LogP contribution < -0.4 is 14.8 Å². The molecule has 1 fully saturated rings. The van der Waals surface area contributed by atoms with Crippen molar-refractivity contribution in [1.29, 1.82) is 0 Å². The van der Waals surface area contributed by atoms with E-state index in [4.69, 9.17) is 14.6 Å². The zero-order valence-electron chi connectivity index (χ0n) is 9.48. The van der Waals surface area contributed by atoms with Gasteiger partial charge in [0, 0.05) is 24.2 Å². The number of nitrogens with one attached hydrogen (secondary N) is 1. The average molecular weight is 253 g/mol. The van der Waals surface area contributed by atoms with E-state index >= 15 is 0 Å². The molecule has 2 heterocycles. The van der Waals surface area contributed by atoms with Crippen LogP contribution in [0, 0.1) is 11.7 Å². The summed E-state index contributed by atoms with van der Waals surface area (Å²) in [6.07, 6.45) is 0.381. The molecule has 0 bridgehead atoms. The molecule has 0 amide bonds. The van der Waals surface area contributed by atoms with Crippen molar-refractivity contribution in [3.8, 4) is 11.5 Å². The van der Waals surface area contributed by atoms with E-state index in [2.05, 4.69) is 5.32 Å². The van der Waals surface area contributed by atoms with Crippen LogP contribution in [0.15, 0.2) is 12.1 Å². The van der Waals surface area contributed by atoms with Crippen LogP contribution in [0.4, 0.5) is 4.39 Å². The fourth-order valence-electron chi connectivity index (χ4n) is 2.36. The fourth-order valence-corrected chi connectivity index (χ4v) is 2.36. The molecule has 0 aromatic heterocycles. The number of carboxylic acids is 1. The van der Waals surface area contributed by atoms with Crippen LogP contribution in [0.2, 0.25) is 0 Å². The molecule has 96 valence electrons. The maximum Gasteiger partial charge on any atom is 0.307 e. The second-order valence-corrected chi connectivity index (χ2v) is 4.46. The van der Waals surface area contributed by atoms with Crippen LogP contribution in [-0.2, 0) is 4.79 Å². The largest absolute Gasteiger partial charge is 0.481 e. The zero-order valence-corrected chi connectivity index (χ0v) is 9.48. The first-order chi connectivity index (χ1) is 8.65. The number of rotatable bonds is 2. The minimum absolute atomic E-state index is 0.0913. The second kappa shape index (κ2) is 4.13. The van der Waals surface area contributed by atoms with E-state index in [-0.39, 0.29) is 12.8 Å². The number of aliphatic carboxylic acids is 1. The zero-order chi connectivity index (χ0) is 12.7. The van der Waals surface area contributed by atoms with Gasteiger partial charge < -0.3 is 19.9 Å². The molecule has 0 spiro atoms. The Hall–Kier alpha value is -1.82. The lowest BCUT2D eigenvalue weighted by Gasteiger charge is -2.12. The lowest BCUT2D eigenvalue weighted by atomic mass is 9.99. The van der Waals surface area contributed by atoms with E-state index in [0.717, 1.165) is 0 Å². The molecule has 2 atom stereocenters. The van der Waals surface area contributed by atoms with Gasteiger partial charge in [-0.25, -0.2) is 4.39 Å². The van der Waals surface area contributed by atoms with Crippen LogP contribution in [0.3, 0.4) is 0 Å². The van der Waals surface area contributed by atoms with Crippen molar-refractivity contribution in [3.05, 3.63) is 23.5 Å². The summed E-state index contributed by atoms with van der Waals surface area (Å²) in [4.78, 5) is 10.9. The van der Waals surface area contributed by atoms with E-state index in [0.29, 0.717) is 30.0 Å². The highest BCUT2D eigenvalue weighted by atomic mass is 19.1. The first-order valence-electron chi connectivity index (χ1n) is 5.70. The maximum atomic E-state index is 13.9. The first-order valence-corrected chi connectivity index (χ1v) is 5.70. The molecular formula is C12H12FNO4. The molecule has 2 unspecified atom stereocenters. The highest BCUT2D eigenvalue weighted by Crippen LogP contribution is 2.38. The quantitative estimate of drug-likeness (QED) is 0.831. The van der Waals surface area contributed by atoms with Gasteiger partial charge >= 0.3 is 5.97 Å². The summed E-state index contributed by atoms with van der Waals surface area (Å²) in [5, 5.41) is 11.9. The smallest absolute Gasteiger partial charge is 0.307 e. The third kappa shape index (κ3) is 1.78. The molecule has 18 heavy (non-hydrogen) atoms. The van der Waals surface area contributed by atoms with Gasteiger partial charge in [0.2, 0.25) is 6.79 Å². The van der Waals surface area contributed by atoms with Crippen LogP contribution in [0.5, 0.6) is 11.5 Å². The summed E-state index contributed by atoms with van der Waals surface area (Å²) in [5.74, 6) is -0.829. The highest BCUT2D eigenvalue weighted by Gasteiger charge is 2.32. The van der Waals surface area contributed by atoms with Gasteiger partial charge in [-0.2, -0.15) is 0 Å². The molecule has 6 heteroatoms. The summed E-state index contributed by atoms with van der Waals surface area (Å²) in [7, 11) is 0. The van der Waals surface area contributed by atoms with Gasteiger partial charge in [-0.1, -0.05) is 0 Å².